The summed E-state index contributed by atoms with van der Waals surface area (Å²) in [5.74, 6) is 5.31. The van der Waals surface area contributed by atoms with Gasteiger partial charge in [-0.05, 0) is 53.1 Å². The molecule has 3 aromatic carbocycles. The number of carbonyl (C=O) groups is 1. The normalized spacial score (nSPS) is 10.7. The van der Waals surface area contributed by atoms with E-state index in [0.717, 1.165) is 17.5 Å². The molecule has 6 N–H and O–H groups in total. The largest absolute Gasteiger partial charge is 0.416 e. The van der Waals surface area contributed by atoms with E-state index >= 15 is 0 Å². The van der Waals surface area contributed by atoms with Crippen LogP contribution < -0.4 is 17.2 Å². The molecule has 0 aliphatic heterocycles. The zero-order valence-corrected chi connectivity index (χ0v) is 18.2. The molecule has 34 heavy (non-hydrogen) atoms. The maximum Gasteiger partial charge on any atom is 0.416 e. The van der Waals surface area contributed by atoms with Gasteiger partial charge in [-0.3, -0.25) is 4.79 Å². The van der Waals surface area contributed by atoms with Crippen molar-refractivity contribution in [3.8, 4) is 11.8 Å². The Kier molecular flexibility index (Phi) is 7.05. The van der Waals surface area contributed by atoms with Gasteiger partial charge in [-0.1, -0.05) is 41.8 Å². The lowest BCUT2D eigenvalue weighted by atomic mass is 10.0. The van der Waals surface area contributed by atoms with Gasteiger partial charge in [0.15, 0.2) is 0 Å². The van der Waals surface area contributed by atoms with Crippen molar-refractivity contribution in [1.29, 1.82) is 0 Å². The average molecular weight is 484 g/mol. The molecule has 4 aromatic rings. The summed E-state index contributed by atoms with van der Waals surface area (Å²) in [6.07, 6.45) is -4.50. The highest BCUT2D eigenvalue weighted by Crippen LogP contribution is 2.31. The number of rotatable bonds is 2. The van der Waals surface area contributed by atoms with Crippen LogP contribution in [0.4, 0.5) is 24.8 Å². The molecule has 0 saturated carbocycles. The summed E-state index contributed by atoms with van der Waals surface area (Å²) < 4.78 is 38.8. The summed E-state index contributed by atoms with van der Waals surface area (Å²) in [5.41, 5.74) is 6.12. The van der Waals surface area contributed by atoms with Gasteiger partial charge in [0.05, 0.1) is 5.56 Å². The molecule has 0 radical (unpaired) electrons. The minimum absolute atomic E-state index is 0. The maximum absolute atomic E-state index is 12.9. The summed E-state index contributed by atoms with van der Waals surface area (Å²) in [4.78, 5) is 20.6. The summed E-state index contributed by atoms with van der Waals surface area (Å²) in [6.45, 7) is 0. The maximum atomic E-state index is 12.9. The highest BCUT2D eigenvalue weighted by Gasteiger charge is 2.30. The monoisotopic (exact) mass is 483 g/mol. The van der Waals surface area contributed by atoms with Gasteiger partial charge >= 0.3 is 6.18 Å². The Balaban J connectivity index is 0.00000324. The molecule has 0 atom stereocenters. The average Bonchev–Trinajstić information content (AvgIpc) is 2.76. The Morgan fingerprint density at radius 3 is 2.47 bits per heavy atom. The number of alkyl halides is 3. The minimum atomic E-state index is -4.50. The lowest BCUT2D eigenvalue weighted by molar-refractivity contribution is -0.137. The van der Waals surface area contributed by atoms with E-state index in [1.807, 2.05) is 0 Å². The van der Waals surface area contributed by atoms with Crippen molar-refractivity contribution in [3.05, 3.63) is 94.3 Å². The fraction of sp³-hybridized carbons (Fsp3) is 0.0417. The van der Waals surface area contributed by atoms with Crippen LogP contribution in [-0.4, -0.2) is 15.9 Å². The molecule has 1 heterocycles. The summed E-state index contributed by atoms with van der Waals surface area (Å²) >= 11 is 5.85. The van der Waals surface area contributed by atoms with Crippen molar-refractivity contribution >= 4 is 39.9 Å². The van der Waals surface area contributed by atoms with Crippen LogP contribution in [0.15, 0.2) is 66.7 Å². The van der Waals surface area contributed by atoms with Crippen molar-refractivity contribution in [2.45, 2.75) is 6.18 Å². The number of anilines is 2. The van der Waals surface area contributed by atoms with E-state index in [-0.39, 0.29) is 22.9 Å². The number of fused-ring (bicyclic) bond motifs is 1. The Hall–Kier alpha value is -4.13. The smallest absolute Gasteiger partial charge is 0.368 e. The van der Waals surface area contributed by atoms with Crippen molar-refractivity contribution in [2.75, 3.05) is 11.1 Å². The number of nitrogens with zero attached hydrogens (tertiary/aromatic N) is 2. The van der Waals surface area contributed by atoms with E-state index in [4.69, 9.17) is 17.3 Å². The molecule has 0 fully saturated rings. The molecule has 172 valence electrons. The second kappa shape index (κ2) is 9.79. The third-order valence-electron chi connectivity index (χ3n) is 4.62. The number of carbonyl (C=O) groups excluding carboxylic acids is 1. The predicted octanol–water partition coefficient (Wildman–Crippen LogP) is 5.70. The Bertz CT molecular complexity index is 1420. The van der Waals surface area contributed by atoms with Crippen molar-refractivity contribution in [1.82, 2.24) is 16.1 Å². The van der Waals surface area contributed by atoms with Gasteiger partial charge in [0.2, 0.25) is 5.95 Å². The molecule has 0 unspecified atom stereocenters. The van der Waals surface area contributed by atoms with E-state index < -0.39 is 17.6 Å². The zero-order chi connectivity index (χ0) is 23.6. The molecule has 4 rings (SSSR count). The van der Waals surface area contributed by atoms with E-state index in [1.165, 1.54) is 18.2 Å². The van der Waals surface area contributed by atoms with Crippen molar-refractivity contribution in [3.63, 3.8) is 0 Å². The lowest BCUT2D eigenvalue weighted by Gasteiger charge is -2.11. The Morgan fingerprint density at radius 1 is 0.971 bits per heavy atom. The summed E-state index contributed by atoms with van der Waals surface area (Å²) in [5, 5.41) is 4.07. The first-order chi connectivity index (χ1) is 15.7. The van der Waals surface area contributed by atoms with Gasteiger partial charge in [0.1, 0.15) is 10.8 Å². The number of nitrogens with two attached hydrogens (primary N) is 1. The number of halogens is 4. The van der Waals surface area contributed by atoms with Crippen LogP contribution in [0, 0.1) is 11.8 Å². The fourth-order valence-electron chi connectivity index (χ4n) is 3.17. The second-order valence-electron chi connectivity index (χ2n) is 6.96. The zero-order valence-electron chi connectivity index (χ0n) is 17.4. The molecule has 1 aromatic heterocycles. The SMILES string of the molecule is N.Nc1nc(Cl)cc(C#Cc2ccc3c(C(=O)Nc4cccc(C(F)(F)F)c4)cccc3c2)n1. The molecule has 0 aliphatic rings. The number of aromatic nitrogens is 2. The van der Waals surface area contributed by atoms with E-state index in [9.17, 15) is 18.0 Å². The quantitative estimate of drug-likeness (QED) is 0.250. The Labute approximate surface area is 197 Å². The highest BCUT2D eigenvalue weighted by molar-refractivity contribution is 6.29. The third kappa shape index (κ3) is 5.61. The first kappa shape index (κ1) is 24.5. The van der Waals surface area contributed by atoms with Gasteiger partial charge in [-0.2, -0.15) is 13.2 Å². The lowest BCUT2D eigenvalue weighted by Crippen LogP contribution is -2.13. The molecule has 0 bridgehead atoms. The van der Waals surface area contributed by atoms with Crippen molar-refractivity contribution in [2.24, 2.45) is 0 Å². The van der Waals surface area contributed by atoms with E-state index in [0.29, 0.717) is 22.2 Å². The van der Waals surface area contributed by atoms with Crippen LogP contribution in [0.3, 0.4) is 0 Å². The van der Waals surface area contributed by atoms with Crippen LogP contribution in [-0.2, 0) is 6.18 Å². The van der Waals surface area contributed by atoms with Crippen LogP contribution >= 0.6 is 11.6 Å². The van der Waals surface area contributed by atoms with E-state index in [2.05, 4.69) is 27.1 Å². The van der Waals surface area contributed by atoms with Crippen LogP contribution in [0.5, 0.6) is 0 Å². The highest BCUT2D eigenvalue weighted by atomic mass is 35.5. The van der Waals surface area contributed by atoms with Gasteiger partial charge < -0.3 is 17.2 Å². The molecule has 6 nitrogen and oxygen atoms in total. The van der Waals surface area contributed by atoms with Crippen LogP contribution in [0.1, 0.15) is 27.2 Å². The fourth-order valence-corrected chi connectivity index (χ4v) is 3.36. The topological polar surface area (TPSA) is 116 Å². The van der Waals surface area contributed by atoms with Gasteiger partial charge in [0, 0.05) is 22.9 Å². The molecular weight excluding hydrogens is 467 g/mol. The van der Waals surface area contributed by atoms with Gasteiger partial charge in [-0.15, -0.1) is 0 Å². The number of amides is 1. The van der Waals surface area contributed by atoms with E-state index in [1.54, 1.807) is 36.4 Å². The summed E-state index contributed by atoms with van der Waals surface area (Å²) in [7, 11) is 0. The van der Waals surface area contributed by atoms with Crippen LogP contribution in [0.25, 0.3) is 10.8 Å². The minimum Gasteiger partial charge on any atom is -0.368 e. The standard InChI is InChI=1S/C24H14ClF3N4O.H3N/c25-21-13-18(31-23(29)32-21)9-7-14-8-10-19-15(11-14)3-1-6-20(19)22(33)30-17-5-2-4-16(12-17)24(26,27)28;/h1-6,8,10-13H,(H,30,33)(H2,29,31,32);1H3. The molecule has 10 heteroatoms. The first-order valence-electron chi connectivity index (χ1n) is 9.52. The number of hydrogen-bond acceptors (Lipinski definition) is 5. The molecular formula is C24H17ClF3N5O. The van der Waals surface area contributed by atoms with Crippen molar-refractivity contribution < 1.29 is 18.0 Å². The van der Waals surface area contributed by atoms with Crippen LogP contribution in [0.2, 0.25) is 5.15 Å². The number of nitrogens with one attached hydrogen (secondary N) is 1. The molecule has 0 saturated heterocycles. The number of hydrogen-bond donors (Lipinski definition) is 3. The first-order valence-corrected chi connectivity index (χ1v) is 9.90. The summed E-state index contributed by atoms with van der Waals surface area (Å²) in [6, 6.07) is 16.3. The number of benzene rings is 3. The second-order valence-corrected chi connectivity index (χ2v) is 7.35. The predicted molar refractivity (Wildman–Crippen MR) is 126 cm³/mol. The molecule has 0 aliphatic carbocycles. The van der Waals surface area contributed by atoms with Gasteiger partial charge in [0.25, 0.3) is 5.91 Å². The molecule has 1 amide bonds. The Morgan fingerprint density at radius 2 is 1.74 bits per heavy atom. The van der Waals surface area contributed by atoms with Gasteiger partial charge in [-0.25, -0.2) is 9.97 Å². The molecule has 0 spiro atoms. The number of nitrogen functional groups attached to an aromatic ring is 1. The third-order valence-corrected chi connectivity index (χ3v) is 4.81.